The molecule has 1 saturated heterocycles. The Balaban J connectivity index is 0.938. The van der Waals surface area contributed by atoms with Gasteiger partial charge in [-0.15, -0.1) is 22.7 Å². The highest BCUT2D eigenvalue weighted by Gasteiger charge is 2.38. The minimum Gasteiger partial charge on any atom is -0.453 e. The number of carbonyl (C=O) groups excluding carboxylic acids is 4. The number of fused-ring (bicyclic) bond motifs is 1. The molecule has 6 aromatic rings. The van der Waals surface area contributed by atoms with Crippen LogP contribution in [0.15, 0.2) is 91.3 Å². The fourth-order valence-electron chi connectivity index (χ4n) is 7.64. The molecule has 1 fully saturated rings. The van der Waals surface area contributed by atoms with Crippen LogP contribution in [0.1, 0.15) is 62.0 Å². The van der Waals surface area contributed by atoms with Gasteiger partial charge in [0.1, 0.15) is 29.8 Å². The molecule has 304 valence electrons. The third-order valence-electron chi connectivity index (χ3n) is 10.7. The first kappa shape index (κ1) is 39.6. The van der Waals surface area contributed by atoms with Gasteiger partial charge in [0, 0.05) is 27.4 Å². The van der Waals surface area contributed by atoms with Crippen LogP contribution in [0.2, 0.25) is 0 Å². The number of rotatable bonds is 11. The zero-order chi connectivity index (χ0) is 41.2. The number of ether oxygens (including phenoxy) is 2. The van der Waals surface area contributed by atoms with E-state index in [-0.39, 0.29) is 23.8 Å². The van der Waals surface area contributed by atoms with Crippen LogP contribution in [-0.2, 0) is 19.1 Å². The van der Waals surface area contributed by atoms with E-state index < -0.39 is 30.3 Å². The maximum atomic E-state index is 13.9. The van der Waals surface area contributed by atoms with E-state index >= 15 is 0 Å². The summed E-state index contributed by atoms with van der Waals surface area (Å²) < 4.78 is 11.9. The average molecular weight is 833 g/mol. The van der Waals surface area contributed by atoms with Crippen LogP contribution in [-0.4, -0.2) is 87.1 Å². The number of benzene rings is 2. The molecule has 0 bridgehead atoms. The number of carbonyl (C=O) groups is 4. The second-order valence-electron chi connectivity index (χ2n) is 14.8. The van der Waals surface area contributed by atoms with Gasteiger partial charge in [-0.25, -0.2) is 19.6 Å². The number of aromatic amines is 2. The van der Waals surface area contributed by atoms with Gasteiger partial charge in [0.2, 0.25) is 5.91 Å². The number of likely N-dealkylation sites (tertiary alicyclic amines) is 1. The van der Waals surface area contributed by atoms with Crippen LogP contribution >= 0.6 is 22.7 Å². The highest BCUT2D eigenvalue weighted by atomic mass is 32.1. The smallest absolute Gasteiger partial charge is 0.407 e. The van der Waals surface area contributed by atoms with Gasteiger partial charge >= 0.3 is 12.2 Å². The summed E-state index contributed by atoms with van der Waals surface area (Å²) in [4.78, 5) is 73.6. The number of nitrogens with one attached hydrogen (secondary N) is 4. The normalized spacial score (nSPS) is 17.4. The molecule has 59 heavy (non-hydrogen) atoms. The molecule has 4 amide bonds. The standard InChI is InChI=1S/C43H44N8O6S2/c1-24(2)36(48-42(54)56-3)40(52)50-18-8-12-30(50)38-44-22-28(46-38)25-14-16-26(17-15-25)32-20-34-35(58-32)21-33(59-34)29-23-45-39(47-29)31-13-9-19-51(31)41(53)37(49-43(55)57-4)27-10-6-5-7-11-27/h5-7,9-11,13-17,20-24,30-31,36-37H,8,12,18-19H2,1-4H3,(H,44,46)(H,45,47)(H,48,54)(H,49,55)/t30-,31-,36-,37+/m0/s1. The predicted octanol–water partition coefficient (Wildman–Crippen LogP) is 7.99. The molecule has 14 nitrogen and oxygen atoms in total. The summed E-state index contributed by atoms with van der Waals surface area (Å²) in [6, 6.07) is 19.6. The first-order chi connectivity index (χ1) is 28.6. The minimum absolute atomic E-state index is 0.106. The SMILES string of the molecule is COC(=O)N[C@H](C(=O)N1CCC[C@H]1c1ncc(-c2ccc(-c3cc4sc(-c5cnc([C@@H]6C=CCN6C(=O)[C@H](NC(=O)OC)c6ccccc6)[nH]5)cc4s3)cc2)[nH]1)C(C)C. The molecule has 0 spiro atoms. The van der Waals surface area contributed by atoms with Gasteiger partial charge in [0.15, 0.2) is 0 Å². The average Bonchev–Trinajstić information content (AvgIpc) is 4.10. The molecule has 16 heteroatoms. The second-order valence-corrected chi connectivity index (χ2v) is 16.9. The van der Waals surface area contributed by atoms with E-state index in [0.29, 0.717) is 24.5 Å². The fourth-order valence-corrected chi connectivity index (χ4v) is 10.0. The lowest BCUT2D eigenvalue weighted by atomic mass is 10.0. The number of hydrogen-bond acceptors (Lipinski definition) is 10. The van der Waals surface area contributed by atoms with E-state index in [1.807, 2.05) is 55.3 Å². The molecule has 4 aromatic heterocycles. The number of alkyl carbamates (subject to hydrolysis) is 2. The Labute approximate surface area is 348 Å². The minimum atomic E-state index is -0.914. The van der Waals surface area contributed by atoms with Crippen molar-refractivity contribution in [3.63, 3.8) is 0 Å². The number of amides is 4. The third kappa shape index (κ3) is 8.10. The molecule has 0 unspecified atom stereocenters. The van der Waals surface area contributed by atoms with Crippen molar-refractivity contribution >= 4 is 56.1 Å². The molecule has 8 rings (SSSR count). The van der Waals surface area contributed by atoms with E-state index in [1.165, 1.54) is 14.2 Å². The first-order valence-electron chi connectivity index (χ1n) is 19.4. The van der Waals surface area contributed by atoms with Crippen molar-refractivity contribution in [2.45, 2.75) is 50.9 Å². The number of hydrogen-bond donors (Lipinski definition) is 4. The molecular weight excluding hydrogens is 789 g/mol. The van der Waals surface area contributed by atoms with E-state index in [9.17, 15) is 19.2 Å². The maximum Gasteiger partial charge on any atom is 0.407 e. The van der Waals surface area contributed by atoms with Crippen LogP contribution < -0.4 is 10.6 Å². The molecular formula is C43H44N8O6S2. The summed E-state index contributed by atoms with van der Waals surface area (Å²) in [5.41, 5.74) is 4.47. The second kappa shape index (κ2) is 16.9. The molecule has 0 aliphatic carbocycles. The number of imidazole rings is 2. The Kier molecular flexibility index (Phi) is 11.3. The summed E-state index contributed by atoms with van der Waals surface area (Å²) in [6.45, 7) is 4.78. The topological polar surface area (TPSA) is 175 Å². The van der Waals surface area contributed by atoms with E-state index in [1.54, 1.807) is 45.9 Å². The van der Waals surface area contributed by atoms with Crippen molar-refractivity contribution in [3.8, 4) is 32.3 Å². The Morgan fingerprint density at radius 1 is 0.780 bits per heavy atom. The highest BCUT2D eigenvalue weighted by Crippen LogP contribution is 2.42. The Morgan fingerprint density at radius 3 is 2.15 bits per heavy atom. The van der Waals surface area contributed by atoms with Crippen LogP contribution in [0.4, 0.5) is 9.59 Å². The number of nitrogens with zero attached hydrogens (tertiary/aromatic N) is 4. The van der Waals surface area contributed by atoms with Crippen LogP contribution in [0.3, 0.4) is 0 Å². The predicted molar refractivity (Wildman–Crippen MR) is 226 cm³/mol. The van der Waals surface area contributed by atoms with Gasteiger partial charge < -0.3 is 39.9 Å². The van der Waals surface area contributed by atoms with Crippen LogP contribution in [0.5, 0.6) is 0 Å². The summed E-state index contributed by atoms with van der Waals surface area (Å²) in [5, 5.41) is 5.39. The highest BCUT2D eigenvalue weighted by molar-refractivity contribution is 7.31. The maximum absolute atomic E-state index is 13.9. The number of methoxy groups -OCH3 is 2. The van der Waals surface area contributed by atoms with Crippen molar-refractivity contribution in [2.75, 3.05) is 27.3 Å². The molecule has 4 N–H and O–H groups in total. The molecule has 0 radical (unpaired) electrons. The van der Waals surface area contributed by atoms with Crippen LogP contribution in [0, 0.1) is 5.92 Å². The molecule has 6 heterocycles. The molecule has 0 saturated carbocycles. The quantitative estimate of drug-likeness (QED) is 0.0951. The zero-order valence-corrected chi connectivity index (χ0v) is 34.6. The zero-order valence-electron chi connectivity index (χ0n) is 32.9. The van der Waals surface area contributed by atoms with Crippen molar-refractivity contribution in [1.82, 2.24) is 40.4 Å². The first-order valence-corrected chi connectivity index (χ1v) is 21.0. The van der Waals surface area contributed by atoms with Gasteiger partial charge in [0.05, 0.1) is 48.9 Å². The van der Waals surface area contributed by atoms with E-state index in [4.69, 9.17) is 9.47 Å². The summed E-state index contributed by atoms with van der Waals surface area (Å²) in [6.07, 6.45) is 7.80. The van der Waals surface area contributed by atoms with E-state index in [0.717, 1.165) is 60.3 Å². The fraction of sp³-hybridized carbons (Fsp3) is 0.302. The van der Waals surface area contributed by atoms with Gasteiger partial charge in [-0.3, -0.25) is 9.59 Å². The Morgan fingerprint density at radius 2 is 1.42 bits per heavy atom. The lowest BCUT2D eigenvalue weighted by Crippen LogP contribution is -2.51. The third-order valence-corrected chi connectivity index (χ3v) is 13.1. The van der Waals surface area contributed by atoms with Crippen molar-refractivity contribution < 1.29 is 28.7 Å². The van der Waals surface area contributed by atoms with Crippen LogP contribution in [0.25, 0.3) is 41.7 Å². The number of H-pyrrole nitrogens is 2. The van der Waals surface area contributed by atoms with E-state index in [2.05, 4.69) is 67.0 Å². The van der Waals surface area contributed by atoms with Crippen molar-refractivity contribution in [3.05, 3.63) is 108 Å². The number of thiophene rings is 2. The Hall–Kier alpha value is -6.26. The molecule has 4 atom stereocenters. The molecule has 2 aliphatic heterocycles. The van der Waals surface area contributed by atoms with Gasteiger partial charge in [-0.05, 0) is 47.6 Å². The van der Waals surface area contributed by atoms with Crippen molar-refractivity contribution in [2.24, 2.45) is 5.92 Å². The largest absolute Gasteiger partial charge is 0.453 e. The summed E-state index contributed by atoms with van der Waals surface area (Å²) in [7, 11) is 2.56. The van der Waals surface area contributed by atoms with Gasteiger partial charge in [-0.2, -0.15) is 0 Å². The lowest BCUT2D eigenvalue weighted by molar-refractivity contribution is -0.135. The molecule has 2 aromatic carbocycles. The summed E-state index contributed by atoms with van der Waals surface area (Å²) in [5.74, 6) is 0.849. The molecule has 2 aliphatic rings. The lowest BCUT2D eigenvalue weighted by Gasteiger charge is -2.30. The summed E-state index contributed by atoms with van der Waals surface area (Å²) >= 11 is 3.40. The van der Waals surface area contributed by atoms with Crippen molar-refractivity contribution in [1.29, 1.82) is 0 Å². The monoisotopic (exact) mass is 832 g/mol. The van der Waals surface area contributed by atoms with Gasteiger partial charge in [0.25, 0.3) is 5.91 Å². The van der Waals surface area contributed by atoms with Gasteiger partial charge in [-0.1, -0.05) is 80.6 Å². The number of aromatic nitrogens is 4. The Bertz CT molecular complexity index is 2470.